The molecule has 0 saturated heterocycles. The quantitative estimate of drug-likeness (QED) is 0.605. The average molecular weight is 255 g/mol. The summed E-state index contributed by atoms with van der Waals surface area (Å²) in [4.78, 5) is 22.8. The van der Waals surface area contributed by atoms with Crippen molar-refractivity contribution in [2.45, 2.75) is 45.3 Å². The van der Waals surface area contributed by atoms with Gasteiger partial charge in [-0.05, 0) is 33.6 Å². The number of amides is 1. The molecule has 0 fully saturated rings. The Hall–Kier alpha value is -1.52. The van der Waals surface area contributed by atoms with E-state index in [-0.39, 0.29) is 17.9 Å². The summed E-state index contributed by atoms with van der Waals surface area (Å²) in [7, 11) is 1.38. The van der Waals surface area contributed by atoms with Gasteiger partial charge in [0.2, 0.25) is 0 Å². The smallest absolute Gasteiger partial charge is 0.408 e. The number of methoxy groups -OCH3 is 1. The third-order valence-corrected chi connectivity index (χ3v) is 2.57. The Balaban J connectivity index is 2.43. The fourth-order valence-corrected chi connectivity index (χ4v) is 1.75. The number of nitrogens with one attached hydrogen (secondary N) is 1. The lowest BCUT2D eigenvalue weighted by Crippen LogP contribution is -2.39. The van der Waals surface area contributed by atoms with Crippen molar-refractivity contribution in [2.75, 3.05) is 7.11 Å². The van der Waals surface area contributed by atoms with Gasteiger partial charge in [0.05, 0.1) is 19.1 Å². The molecule has 5 heteroatoms. The number of carbonyl (C=O) groups is 2. The van der Waals surface area contributed by atoms with Gasteiger partial charge in [0.15, 0.2) is 0 Å². The highest BCUT2D eigenvalue weighted by atomic mass is 16.6. The maximum atomic E-state index is 11.5. The predicted molar refractivity (Wildman–Crippen MR) is 67.0 cm³/mol. The van der Waals surface area contributed by atoms with Crippen molar-refractivity contribution in [3.8, 4) is 0 Å². The summed E-state index contributed by atoms with van der Waals surface area (Å²) >= 11 is 0. The van der Waals surface area contributed by atoms with Crippen LogP contribution in [-0.4, -0.2) is 30.8 Å². The molecule has 0 aliphatic heterocycles. The normalized spacial score (nSPS) is 23.3. The summed E-state index contributed by atoms with van der Waals surface area (Å²) in [6.07, 6.45) is 4.53. The molecule has 2 unspecified atom stereocenters. The molecular formula is C13H21NO4. The molecule has 18 heavy (non-hydrogen) atoms. The van der Waals surface area contributed by atoms with Crippen LogP contribution in [-0.2, 0) is 14.3 Å². The van der Waals surface area contributed by atoms with Crippen LogP contribution >= 0.6 is 0 Å². The number of esters is 1. The summed E-state index contributed by atoms with van der Waals surface area (Å²) in [5.41, 5.74) is -0.503. The molecule has 0 bridgehead atoms. The maximum absolute atomic E-state index is 11.5. The Morgan fingerprint density at radius 2 is 1.89 bits per heavy atom. The Labute approximate surface area is 108 Å². The van der Waals surface area contributed by atoms with Crippen LogP contribution < -0.4 is 5.32 Å². The highest BCUT2D eigenvalue weighted by Crippen LogP contribution is 2.19. The van der Waals surface area contributed by atoms with Gasteiger partial charge in [0, 0.05) is 0 Å². The molecule has 0 spiro atoms. The van der Waals surface area contributed by atoms with Gasteiger partial charge in [-0.25, -0.2) is 4.79 Å². The van der Waals surface area contributed by atoms with Gasteiger partial charge in [-0.15, -0.1) is 0 Å². The maximum Gasteiger partial charge on any atom is 0.408 e. The van der Waals surface area contributed by atoms with Crippen molar-refractivity contribution < 1.29 is 19.1 Å². The zero-order valence-electron chi connectivity index (χ0n) is 11.4. The van der Waals surface area contributed by atoms with Crippen molar-refractivity contribution in [1.82, 2.24) is 5.32 Å². The number of carbonyl (C=O) groups excluding carboxylic acids is 2. The van der Waals surface area contributed by atoms with Crippen LogP contribution in [0.4, 0.5) is 4.79 Å². The minimum Gasteiger partial charge on any atom is -0.469 e. The number of hydrogen-bond donors (Lipinski definition) is 1. The first-order valence-corrected chi connectivity index (χ1v) is 6.07. The van der Waals surface area contributed by atoms with Crippen LogP contribution in [0.2, 0.25) is 0 Å². The monoisotopic (exact) mass is 255 g/mol. The van der Waals surface area contributed by atoms with E-state index < -0.39 is 11.7 Å². The Morgan fingerprint density at radius 3 is 2.33 bits per heavy atom. The molecule has 1 N–H and O–H groups in total. The second-order valence-electron chi connectivity index (χ2n) is 5.34. The fourth-order valence-electron chi connectivity index (χ4n) is 1.75. The third kappa shape index (κ3) is 4.77. The van der Waals surface area contributed by atoms with Crippen LogP contribution in [0.1, 0.15) is 33.6 Å². The molecule has 1 aliphatic rings. The van der Waals surface area contributed by atoms with E-state index in [9.17, 15) is 9.59 Å². The van der Waals surface area contributed by atoms with Crippen molar-refractivity contribution in [2.24, 2.45) is 5.92 Å². The molecule has 0 heterocycles. The standard InChI is InChI=1S/C13H21NO4/c1-13(2,3)18-12(16)14-10-7-5-9(6-8-10)11(15)17-4/h5,7,9-10H,6,8H2,1-4H3,(H,14,16). The third-order valence-electron chi connectivity index (χ3n) is 2.57. The van der Waals surface area contributed by atoms with Crippen molar-refractivity contribution in [1.29, 1.82) is 0 Å². The van der Waals surface area contributed by atoms with Gasteiger partial charge < -0.3 is 14.8 Å². The lowest BCUT2D eigenvalue weighted by atomic mass is 9.93. The van der Waals surface area contributed by atoms with E-state index in [0.717, 1.165) is 0 Å². The molecule has 0 aromatic heterocycles. The Kier molecular flexibility index (Phi) is 4.76. The molecule has 1 aliphatic carbocycles. The summed E-state index contributed by atoms with van der Waals surface area (Å²) in [5.74, 6) is -0.436. The average Bonchev–Trinajstić information content (AvgIpc) is 2.26. The van der Waals surface area contributed by atoms with Crippen molar-refractivity contribution in [3.05, 3.63) is 12.2 Å². The molecule has 1 rings (SSSR count). The number of alkyl carbamates (subject to hydrolysis) is 1. The van der Waals surface area contributed by atoms with Crippen LogP contribution in [0.3, 0.4) is 0 Å². The van der Waals surface area contributed by atoms with E-state index in [1.54, 1.807) is 6.08 Å². The largest absolute Gasteiger partial charge is 0.469 e. The van der Waals surface area contributed by atoms with E-state index in [2.05, 4.69) is 10.1 Å². The molecule has 102 valence electrons. The molecule has 0 aromatic carbocycles. The SMILES string of the molecule is COC(=O)C1C=CC(NC(=O)OC(C)(C)C)CC1. The number of ether oxygens (including phenoxy) is 2. The van der Waals surface area contributed by atoms with E-state index in [1.807, 2.05) is 26.8 Å². The van der Waals surface area contributed by atoms with Gasteiger partial charge in [-0.3, -0.25) is 4.79 Å². The van der Waals surface area contributed by atoms with E-state index in [0.29, 0.717) is 12.8 Å². The molecule has 5 nitrogen and oxygen atoms in total. The van der Waals surface area contributed by atoms with Gasteiger partial charge in [-0.1, -0.05) is 12.2 Å². The summed E-state index contributed by atoms with van der Waals surface area (Å²) in [6.45, 7) is 5.45. The van der Waals surface area contributed by atoms with Crippen LogP contribution in [0.25, 0.3) is 0 Å². The van der Waals surface area contributed by atoms with E-state index in [4.69, 9.17) is 4.74 Å². The molecule has 2 atom stereocenters. The lowest BCUT2D eigenvalue weighted by Gasteiger charge is -2.25. The van der Waals surface area contributed by atoms with Crippen LogP contribution in [0.5, 0.6) is 0 Å². The Bertz CT molecular complexity index is 343. The highest BCUT2D eigenvalue weighted by Gasteiger charge is 2.24. The summed E-state index contributed by atoms with van der Waals surface area (Å²) in [6, 6.07) is -0.0826. The molecule has 0 aromatic rings. The topological polar surface area (TPSA) is 64.6 Å². The van der Waals surface area contributed by atoms with Gasteiger partial charge >= 0.3 is 12.1 Å². The minimum atomic E-state index is -0.503. The van der Waals surface area contributed by atoms with Crippen LogP contribution in [0.15, 0.2) is 12.2 Å². The fraction of sp³-hybridized carbons (Fsp3) is 0.692. The van der Waals surface area contributed by atoms with Crippen molar-refractivity contribution >= 4 is 12.1 Å². The van der Waals surface area contributed by atoms with Crippen molar-refractivity contribution in [3.63, 3.8) is 0 Å². The lowest BCUT2D eigenvalue weighted by molar-refractivity contribution is -0.144. The first-order valence-electron chi connectivity index (χ1n) is 6.07. The van der Waals surface area contributed by atoms with E-state index >= 15 is 0 Å². The zero-order valence-corrected chi connectivity index (χ0v) is 11.4. The summed E-state index contributed by atoms with van der Waals surface area (Å²) in [5, 5.41) is 2.75. The minimum absolute atomic E-state index is 0.0826. The number of rotatable bonds is 2. The second-order valence-corrected chi connectivity index (χ2v) is 5.34. The number of hydrogen-bond acceptors (Lipinski definition) is 4. The van der Waals surface area contributed by atoms with Crippen LogP contribution in [0, 0.1) is 5.92 Å². The molecule has 0 saturated carbocycles. The van der Waals surface area contributed by atoms with Gasteiger partial charge in [0.1, 0.15) is 5.60 Å². The molecule has 0 radical (unpaired) electrons. The first-order chi connectivity index (χ1) is 8.31. The Morgan fingerprint density at radius 1 is 1.22 bits per heavy atom. The second kappa shape index (κ2) is 5.89. The zero-order chi connectivity index (χ0) is 13.8. The molecular weight excluding hydrogens is 234 g/mol. The van der Waals surface area contributed by atoms with Gasteiger partial charge in [0.25, 0.3) is 0 Å². The van der Waals surface area contributed by atoms with E-state index in [1.165, 1.54) is 7.11 Å². The first kappa shape index (κ1) is 14.5. The summed E-state index contributed by atoms with van der Waals surface area (Å²) < 4.78 is 9.83. The van der Waals surface area contributed by atoms with Gasteiger partial charge in [-0.2, -0.15) is 0 Å². The predicted octanol–water partition coefficient (Wildman–Crippen LogP) is 2.02. The molecule has 1 amide bonds. The highest BCUT2D eigenvalue weighted by molar-refractivity contribution is 5.74.